The van der Waals surface area contributed by atoms with Crippen molar-refractivity contribution in [2.45, 2.75) is 56.2 Å². The highest BCUT2D eigenvalue weighted by Gasteiger charge is 2.38. The number of phenolic OH excluding ortho intramolecular Hbond substituents is 1. The van der Waals surface area contributed by atoms with Gasteiger partial charge in [0.15, 0.2) is 6.29 Å². The Labute approximate surface area is 305 Å². The molecule has 4 aromatic carbocycles. The molecule has 1 fully saturated rings. The average Bonchev–Trinajstić information content (AvgIpc) is 3.66. The number of esters is 1. The van der Waals surface area contributed by atoms with Gasteiger partial charge in [0.05, 0.1) is 31.6 Å². The number of hydrogen-bond acceptors (Lipinski definition) is 11. The van der Waals surface area contributed by atoms with Crippen molar-refractivity contribution in [3.05, 3.63) is 131 Å². The Morgan fingerprint density at radius 3 is 2.29 bits per heavy atom. The highest BCUT2D eigenvalue weighted by atomic mass is 32.2. The number of benzene rings is 4. The summed E-state index contributed by atoms with van der Waals surface area (Å²) < 4.78 is 19.7. The zero-order valence-electron chi connectivity index (χ0n) is 28.7. The zero-order chi connectivity index (χ0) is 36.5. The van der Waals surface area contributed by atoms with E-state index in [1.54, 1.807) is 28.9 Å². The molecule has 0 aliphatic carbocycles. The number of nitrogens with one attached hydrogen (secondary N) is 2. The summed E-state index contributed by atoms with van der Waals surface area (Å²) in [4.78, 5) is 25.1. The minimum atomic E-state index is -0.836. The van der Waals surface area contributed by atoms with Gasteiger partial charge in [-0.25, -0.2) is 9.59 Å². The van der Waals surface area contributed by atoms with Crippen LogP contribution in [0.3, 0.4) is 0 Å². The molecule has 52 heavy (non-hydrogen) atoms. The van der Waals surface area contributed by atoms with Gasteiger partial charge in [-0.05, 0) is 56.9 Å². The number of aromatic hydroxyl groups is 1. The van der Waals surface area contributed by atoms with Gasteiger partial charge in [-0.1, -0.05) is 97.5 Å². The normalized spacial score (nSPS) is 19.1. The molecule has 6 rings (SSSR count). The van der Waals surface area contributed by atoms with Gasteiger partial charge in [0.1, 0.15) is 11.8 Å². The number of aromatic nitrogens is 4. The summed E-state index contributed by atoms with van der Waals surface area (Å²) in [5.74, 6) is 0.0936. The molecule has 13 nitrogen and oxygen atoms in total. The fourth-order valence-corrected chi connectivity index (χ4v) is 6.91. The van der Waals surface area contributed by atoms with E-state index in [0.29, 0.717) is 23.0 Å². The summed E-state index contributed by atoms with van der Waals surface area (Å²) in [6, 6.07) is 30.0. The smallest absolute Gasteiger partial charge is 0.328 e. The van der Waals surface area contributed by atoms with E-state index in [0.717, 1.165) is 27.8 Å². The van der Waals surface area contributed by atoms with E-state index >= 15 is 0 Å². The Morgan fingerprint density at radius 2 is 1.60 bits per heavy atom. The van der Waals surface area contributed by atoms with Gasteiger partial charge in [-0.3, -0.25) is 0 Å². The maximum atomic E-state index is 12.8. The van der Waals surface area contributed by atoms with Crippen LogP contribution in [0.5, 0.6) is 5.75 Å². The Morgan fingerprint density at radius 1 is 0.904 bits per heavy atom. The number of rotatable bonds is 13. The molecular weight excluding hydrogens is 685 g/mol. The highest BCUT2D eigenvalue weighted by Crippen LogP contribution is 2.43. The molecule has 0 saturated carbocycles. The predicted octanol–water partition coefficient (Wildman–Crippen LogP) is 5.03. The van der Waals surface area contributed by atoms with Gasteiger partial charge < -0.3 is 35.1 Å². The second kappa shape index (κ2) is 17.3. The first-order valence-corrected chi connectivity index (χ1v) is 17.8. The minimum Gasteiger partial charge on any atom is -0.508 e. The van der Waals surface area contributed by atoms with E-state index in [2.05, 4.69) is 33.1 Å². The highest BCUT2D eigenvalue weighted by molar-refractivity contribution is 7.99. The van der Waals surface area contributed by atoms with Crippen molar-refractivity contribution in [2.75, 3.05) is 12.9 Å². The third-order valence-corrected chi connectivity index (χ3v) is 9.82. The van der Waals surface area contributed by atoms with Crippen molar-refractivity contribution >= 4 is 23.8 Å². The van der Waals surface area contributed by atoms with Crippen molar-refractivity contribution in [3.8, 4) is 11.4 Å². The maximum Gasteiger partial charge on any atom is 0.328 e. The number of hydrogen-bond donors (Lipinski definition) is 4. The summed E-state index contributed by atoms with van der Waals surface area (Å²) in [6.07, 6.45) is -0.965. The monoisotopic (exact) mass is 724 g/mol. The topological polar surface area (TPSA) is 170 Å². The third kappa shape index (κ3) is 9.14. The fourth-order valence-electron chi connectivity index (χ4n) is 5.86. The first kappa shape index (κ1) is 36.5. The number of aliphatic hydroxyl groups is 1. The third-order valence-electron chi connectivity index (χ3n) is 8.81. The van der Waals surface area contributed by atoms with Gasteiger partial charge in [0.2, 0.25) is 5.16 Å². The molecule has 1 aromatic heterocycles. The quantitative estimate of drug-likeness (QED) is 0.0950. The minimum absolute atomic E-state index is 0.0511. The Kier molecular flexibility index (Phi) is 12.1. The molecule has 0 bridgehead atoms. The first-order valence-electron chi connectivity index (χ1n) is 16.8. The molecule has 14 heteroatoms. The van der Waals surface area contributed by atoms with Crippen molar-refractivity contribution in [1.29, 1.82) is 0 Å². The lowest BCUT2D eigenvalue weighted by molar-refractivity contribution is -0.268. The lowest BCUT2D eigenvalue weighted by atomic mass is 9.91. The Balaban J connectivity index is 1.13. The van der Waals surface area contributed by atoms with Gasteiger partial charge in [-0.2, -0.15) is 4.68 Å². The lowest BCUT2D eigenvalue weighted by Crippen LogP contribution is -2.47. The molecule has 4 N–H and O–H groups in total. The molecule has 5 atom stereocenters. The van der Waals surface area contributed by atoms with E-state index in [1.807, 2.05) is 78.9 Å². The number of thioether (sulfide) groups is 1. The van der Waals surface area contributed by atoms with Crippen molar-refractivity contribution in [2.24, 2.45) is 5.92 Å². The number of carbonyl (C=O) groups is 2. The van der Waals surface area contributed by atoms with Gasteiger partial charge in [0.25, 0.3) is 0 Å². The van der Waals surface area contributed by atoms with Crippen molar-refractivity contribution in [3.63, 3.8) is 0 Å². The molecule has 0 spiro atoms. The van der Waals surface area contributed by atoms with Crippen LogP contribution in [0, 0.1) is 5.92 Å². The Hall–Kier alpha value is -5.28. The fraction of sp³-hybridized carbons (Fsp3) is 0.289. The largest absolute Gasteiger partial charge is 0.508 e. The molecule has 1 saturated heterocycles. The molecule has 1 aliphatic rings. The van der Waals surface area contributed by atoms with Gasteiger partial charge >= 0.3 is 12.0 Å². The van der Waals surface area contributed by atoms with Crippen molar-refractivity contribution in [1.82, 2.24) is 30.8 Å². The molecule has 0 radical (unpaired) electrons. The number of carbonyl (C=O) groups excluding carboxylic acids is 2. The van der Waals surface area contributed by atoms with E-state index in [-0.39, 0.29) is 37.0 Å². The van der Waals surface area contributed by atoms with Crippen LogP contribution in [0.2, 0.25) is 0 Å². The molecule has 2 amide bonds. The number of nitrogens with zero attached hydrogens (tertiary/aromatic N) is 4. The van der Waals surface area contributed by atoms with Crippen LogP contribution in [0.1, 0.15) is 47.1 Å². The summed E-state index contributed by atoms with van der Waals surface area (Å²) in [7, 11) is 1.29. The van der Waals surface area contributed by atoms with Gasteiger partial charge in [-0.15, -0.1) is 5.10 Å². The second-order valence-corrected chi connectivity index (χ2v) is 13.3. The Bertz CT molecular complexity index is 1910. The lowest BCUT2D eigenvalue weighted by Gasteiger charge is -2.41. The average molecular weight is 725 g/mol. The number of phenols is 1. The zero-order valence-corrected chi connectivity index (χ0v) is 29.5. The number of tetrazole rings is 1. The molecule has 1 aliphatic heterocycles. The number of amides is 2. The van der Waals surface area contributed by atoms with Crippen molar-refractivity contribution < 1.29 is 34.0 Å². The first-order chi connectivity index (χ1) is 25.3. The summed E-state index contributed by atoms with van der Waals surface area (Å²) in [5, 5.41) is 37.6. The van der Waals surface area contributed by atoms with E-state index in [9.17, 15) is 19.8 Å². The summed E-state index contributed by atoms with van der Waals surface area (Å²) >= 11 is 1.46. The molecule has 5 aromatic rings. The van der Waals surface area contributed by atoms with E-state index < -0.39 is 24.3 Å². The standard InChI is InChI=1S/C38H40N6O7S/c1-24-33(23-52-38-41-42-43-44(38)30-16-18-31(46)19-17-30)50-36(51-34(24)28-12-10-27(22-45)11-13-28)29-14-8-26(9-15-29)21-39-37(48)40-32(35(47)49-2)20-25-6-4-3-5-7-25/h3-19,24,32-34,36,45-46H,20-23H2,1-2H3,(H2,39,40,48)/t24-,32+,33+,34+,36+/m1/s1. The van der Waals surface area contributed by atoms with Crippen LogP contribution in [-0.2, 0) is 38.6 Å². The van der Waals surface area contributed by atoms with Crippen LogP contribution in [-0.4, -0.2) is 67.4 Å². The number of methoxy groups -OCH3 is 1. The molecule has 270 valence electrons. The predicted molar refractivity (Wildman–Crippen MR) is 192 cm³/mol. The SMILES string of the molecule is COC(=O)[C@H](Cc1ccccc1)NC(=O)NCc1ccc([C@H]2O[C@@H](CSc3nnnn3-c3ccc(O)cc3)[C@@H](C)[C@@H](c3ccc(CO)cc3)O2)cc1. The maximum absolute atomic E-state index is 12.8. The van der Waals surface area contributed by atoms with Crippen LogP contribution in [0.25, 0.3) is 5.69 Å². The van der Waals surface area contributed by atoms with Crippen LogP contribution in [0.4, 0.5) is 4.79 Å². The summed E-state index contributed by atoms with van der Waals surface area (Å²) in [5.41, 5.74) is 5.03. The van der Waals surface area contributed by atoms with Crippen LogP contribution < -0.4 is 10.6 Å². The molecular formula is C38H40N6O7S. The number of urea groups is 1. The number of aliphatic hydroxyl groups excluding tert-OH is 1. The van der Waals surface area contributed by atoms with E-state index in [4.69, 9.17) is 14.2 Å². The number of ether oxygens (including phenoxy) is 3. The second-order valence-electron chi connectivity index (χ2n) is 12.4. The van der Waals surface area contributed by atoms with E-state index in [1.165, 1.54) is 18.9 Å². The summed E-state index contributed by atoms with van der Waals surface area (Å²) in [6.45, 7) is 2.26. The van der Waals surface area contributed by atoms with Crippen LogP contribution in [0.15, 0.2) is 108 Å². The van der Waals surface area contributed by atoms with Gasteiger partial charge in [0, 0.05) is 30.2 Å². The van der Waals surface area contributed by atoms with Crippen LogP contribution >= 0.6 is 11.8 Å². The molecule has 0 unspecified atom stereocenters. The molecule has 2 heterocycles.